The van der Waals surface area contributed by atoms with Crippen molar-refractivity contribution in [2.24, 2.45) is 29.6 Å². The molecule has 0 spiro atoms. The molecule has 2 saturated carbocycles. The van der Waals surface area contributed by atoms with Crippen LogP contribution >= 0.6 is 0 Å². The molecule has 3 aliphatic rings. The van der Waals surface area contributed by atoms with Gasteiger partial charge in [0.15, 0.2) is 0 Å². The molecule has 1 heterocycles. The monoisotopic (exact) mass is 304 g/mol. The zero-order chi connectivity index (χ0) is 15.4. The summed E-state index contributed by atoms with van der Waals surface area (Å²) in [5.74, 6) is 6.01. The van der Waals surface area contributed by atoms with Gasteiger partial charge in [-0.15, -0.1) is 0 Å². The van der Waals surface area contributed by atoms with Crippen LogP contribution in [0.4, 0.5) is 0 Å². The standard InChI is InChI=1S/C21H36O/c1-3-5-16-7-9-19-14-20(11-10-18(19)13-16)21-12-8-17(6-4-2)15-22-21/h12,16-20H,3-11,13-15H2,1-2H3. The van der Waals surface area contributed by atoms with E-state index in [1.807, 2.05) is 0 Å². The molecule has 0 amide bonds. The number of allylic oxidation sites excluding steroid dienone is 2. The summed E-state index contributed by atoms with van der Waals surface area (Å²) < 4.78 is 6.18. The number of hydrogen-bond acceptors (Lipinski definition) is 1. The van der Waals surface area contributed by atoms with Gasteiger partial charge < -0.3 is 4.74 Å². The summed E-state index contributed by atoms with van der Waals surface area (Å²) in [4.78, 5) is 0. The van der Waals surface area contributed by atoms with E-state index in [9.17, 15) is 0 Å². The van der Waals surface area contributed by atoms with Gasteiger partial charge in [0.2, 0.25) is 0 Å². The van der Waals surface area contributed by atoms with E-state index >= 15 is 0 Å². The van der Waals surface area contributed by atoms with E-state index in [0.29, 0.717) is 0 Å². The highest BCUT2D eigenvalue weighted by molar-refractivity contribution is 5.05. The van der Waals surface area contributed by atoms with Crippen LogP contribution in [0.15, 0.2) is 11.8 Å². The summed E-state index contributed by atoms with van der Waals surface area (Å²) in [5.41, 5.74) is 0. The molecule has 1 aliphatic heterocycles. The molecule has 22 heavy (non-hydrogen) atoms. The molecule has 2 aliphatic carbocycles. The number of hydrogen-bond donors (Lipinski definition) is 0. The average Bonchev–Trinajstić information content (AvgIpc) is 2.56. The molecule has 0 aromatic heterocycles. The lowest BCUT2D eigenvalue weighted by Gasteiger charge is -2.43. The first kappa shape index (κ1) is 16.4. The first-order valence-corrected chi connectivity index (χ1v) is 10.1. The SMILES string of the molecule is CCCC1CC=C(C2CCC3CC(CCC)CCC3C2)OC1. The third-order valence-corrected chi connectivity index (χ3v) is 6.66. The Balaban J connectivity index is 1.51. The number of ether oxygens (including phenoxy) is 1. The molecule has 2 fully saturated rings. The van der Waals surface area contributed by atoms with Gasteiger partial charge in [-0.25, -0.2) is 0 Å². The molecule has 3 rings (SSSR count). The molecule has 0 aromatic carbocycles. The van der Waals surface area contributed by atoms with E-state index in [0.717, 1.165) is 36.2 Å². The number of fused-ring (bicyclic) bond motifs is 1. The Morgan fingerprint density at radius 1 is 0.909 bits per heavy atom. The van der Waals surface area contributed by atoms with Crippen LogP contribution in [0.2, 0.25) is 0 Å². The van der Waals surface area contributed by atoms with Gasteiger partial charge >= 0.3 is 0 Å². The highest BCUT2D eigenvalue weighted by atomic mass is 16.5. The molecule has 0 saturated heterocycles. The van der Waals surface area contributed by atoms with Gasteiger partial charge in [-0.2, -0.15) is 0 Å². The minimum atomic E-state index is 0.756. The van der Waals surface area contributed by atoms with E-state index < -0.39 is 0 Å². The molecule has 0 bridgehead atoms. The maximum Gasteiger partial charge on any atom is 0.0951 e. The fraction of sp³-hybridized carbons (Fsp3) is 0.905. The van der Waals surface area contributed by atoms with Crippen LogP contribution in [0.3, 0.4) is 0 Å². The van der Waals surface area contributed by atoms with Crippen LogP contribution in [0.1, 0.15) is 84.5 Å². The van der Waals surface area contributed by atoms with Crippen LogP contribution in [-0.2, 0) is 4.74 Å². The van der Waals surface area contributed by atoms with E-state index in [1.54, 1.807) is 0 Å². The molecule has 0 N–H and O–H groups in total. The van der Waals surface area contributed by atoms with Crippen molar-refractivity contribution in [2.75, 3.05) is 6.61 Å². The van der Waals surface area contributed by atoms with E-state index in [4.69, 9.17) is 4.74 Å². The summed E-state index contributed by atoms with van der Waals surface area (Å²) in [6.07, 6.45) is 18.0. The molecule has 5 unspecified atom stereocenters. The quantitative estimate of drug-likeness (QED) is 0.576. The molecule has 5 atom stereocenters. The maximum absolute atomic E-state index is 6.18. The first-order valence-electron chi connectivity index (χ1n) is 10.1. The van der Waals surface area contributed by atoms with Gasteiger partial charge in [0.1, 0.15) is 0 Å². The summed E-state index contributed by atoms with van der Waals surface area (Å²) in [7, 11) is 0. The second kappa shape index (κ2) is 7.88. The second-order valence-corrected chi connectivity index (χ2v) is 8.31. The van der Waals surface area contributed by atoms with Crippen molar-refractivity contribution in [3.63, 3.8) is 0 Å². The topological polar surface area (TPSA) is 9.23 Å². The van der Waals surface area contributed by atoms with Crippen LogP contribution in [-0.4, -0.2) is 6.61 Å². The largest absolute Gasteiger partial charge is 0.498 e. The normalized spacial score (nSPS) is 38.8. The van der Waals surface area contributed by atoms with E-state index in [-0.39, 0.29) is 0 Å². The molecule has 126 valence electrons. The van der Waals surface area contributed by atoms with E-state index in [1.165, 1.54) is 76.4 Å². The third kappa shape index (κ3) is 3.89. The van der Waals surface area contributed by atoms with Crippen molar-refractivity contribution in [1.29, 1.82) is 0 Å². The first-order chi connectivity index (χ1) is 10.8. The minimum Gasteiger partial charge on any atom is -0.498 e. The van der Waals surface area contributed by atoms with Crippen LogP contribution in [0, 0.1) is 29.6 Å². The van der Waals surface area contributed by atoms with Crippen molar-refractivity contribution in [3.05, 3.63) is 11.8 Å². The van der Waals surface area contributed by atoms with Crippen LogP contribution in [0.25, 0.3) is 0 Å². The summed E-state index contributed by atoms with van der Waals surface area (Å²) >= 11 is 0. The van der Waals surface area contributed by atoms with E-state index in [2.05, 4.69) is 19.9 Å². The number of rotatable bonds is 5. The second-order valence-electron chi connectivity index (χ2n) is 8.31. The smallest absolute Gasteiger partial charge is 0.0951 e. The van der Waals surface area contributed by atoms with Gasteiger partial charge in [-0.3, -0.25) is 0 Å². The van der Waals surface area contributed by atoms with Crippen molar-refractivity contribution < 1.29 is 4.74 Å². The van der Waals surface area contributed by atoms with Gasteiger partial charge in [0, 0.05) is 5.92 Å². The van der Waals surface area contributed by atoms with Crippen LogP contribution in [0.5, 0.6) is 0 Å². The fourth-order valence-electron chi connectivity index (χ4n) is 5.43. The summed E-state index contributed by atoms with van der Waals surface area (Å²) in [6.45, 7) is 5.62. The maximum atomic E-state index is 6.18. The highest BCUT2D eigenvalue weighted by Gasteiger charge is 2.37. The lowest BCUT2D eigenvalue weighted by atomic mass is 9.64. The van der Waals surface area contributed by atoms with Gasteiger partial charge in [-0.05, 0) is 74.7 Å². The average molecular weight is 305 g/mol. The predicted molar refractivity (Wildman–Crippen MR) is 93.6 cm³/mol. The van der Waals surface area contributed by atoms with Gasteiger partial charge in [0.05, 0.1) is 12.4 Å². The lowest BCUT2D eigenvalue weighted by molar-refractivity contribution is 0.0595. The molecule has 0 radical (unpaired) electrons. The summed E-state index contributed by atoms with van der Waals surface area (Å²) in [6, 6.07) is 0. The Morgan fingerprint density at radius 3 is 2.36 bits per heavy atom. The minimum absolute atomic E-state index is 0.756. The third-order valence-electron chi connectivity index (χ3n) is 6.66. The molecular formula is C21H36O. The zero-order valence-electron chi connectivity index (χ0n) is 14.9. The Hall–Kier alpha value is -0.460. The highest BCUT2D eigenvalue weighted by Crippen LogP contribution is 2.47. The molecular weight excluding hydrogens is 268 g/mol. The molecule has 1 nitrogen and oxygen atoms in total. The Morgan fingerprint density at radius 2 is 1.64 bits per heavy atom. The predicted octanol–water partition coefficient (Wildman–Crippen LogP) is 6.34. The van der Waals surface area contributed by atoms with Crippen molar-refractivity contribution in [3.8, 4) is 0 Å². The van der Waals surface area contributed by atoms with Gasteiger partial charge in [-0.1, -0.05) is 39.5 Å². The molecule has 1 heteroatoms. The van der Waals surface area contributed by atoms with Crippen molar-refractivity contribution in [2.45, 2.75) is 84.5 Å². The van der Waals surface area contributed by atoms with Crippen molar-refractivity contribution in [1.82, 2.24) is 0 Å². The van der Waals surface area contributed by atoms with Crippen LogP contribution < -0.4 is 0 Å². The molecule has 0 aromatic rings. The van der Waals surface area contributed by atoms with Gasteiger partial charge in [0.25, 0.3) is 0 Å². The summed E-state index contributed by atoms with van der Waals surface area (Å²) in [5, 5.41) is 0. The fourth-order valence-corrected chi connectivity index (χ4v) is 5.43. The Bertz CT molecular complexity index is 372. The Kier molecular flexibility index (Phi) is 5.88. The zero-order valence-corrected chi connectivity index (χ0v) is 14.9. The van der Waals surface area contributed by atoms with Crippen molar-refractivity contribution >= 4 is 0 Å². The lowest BCUT2D eigenvalue weighted by Crippen LogP contribution is -2.32. The Labute approximate surface area is 137 Å².